The van der Waals surface area contributed by atoms with Crippen LogP contribution in [0.2, 0.25) is 10.0 Å². The molecule has 0 saturated carbocycles. The van der Waals surface area contributed by atoms with Gasteiger partial charge in [-0.1, -0.05) is 29.3 Å². The summed E-state index contributed by atoms with van der Waals surface area (Å²) >= 11 is 13.6. The lowest BCUT2D eigenvalue weighted by atomic mass is 10.2. The maximum atomic E-state index is 12.7. The van der Waals surface area contributed by atoms with Crippen LogP contribution < -0.4 is 16.0 Å². The zero-order valence-corrected chi connectivity index (χ0v) is 18.4. The van der Waals surface area contributed by atoms with Crippen LogP contribution in [0.3, 0.4) is 0 Å². The van der Waals surface area contributed by atoms with Gasteiger partial charge in [-0.05, 0) is 55.5 Å². The van der Waals surface area contributed by atoms with Gasteiger partial charge >= 0.3 is 6.03 Å². The van der Waals surface area contributed by atoms with Crippen LogP contribution in [0.5, 0.6) is 0 Å². The second-order valence-electron chi connectivity index (χ2n) is 6.91. The summed E-state index contributed by atoms with van der Waals surface area (Å²) in [4.78, 5) is 39.7. The molecule has 3 N–H and O–H groups in total. The molecule has 1 saturated heterocycles. The highest BCUT2D eigenvalue weighted by Crippen LogP contribution is 2.24. The van der Waals surface area contributed by atoms with Crippen LogP contribution >= 0.6 is 34.5 Å². The monoisotopic (exact) mass is 468 g/mol. The highest BCUT2D eigenvalue weighted by atomic mass is 35.5. The topological polar surface area (TPSA) is 90.5 Å². The van der Waals surface area contributed by atoms with Crippen LogP contribution in [-0.4, -0.2) is 48.4 Å². The number of imide groups is 1. The number of rotatable bonds is 7. The summed E-state index contributed by atoms with van der Waals surface area (Å²) < 4.78 is 0. The first-order chi connectivity index (χ1) is 14.4. The van der Waals surface area contributed by atoms with Gasteiger partial charge in [0.1, 0.15) is 0 Å². The summed E-state index contributed by atoms with van der Waals surface area (Å²) in [6.07, 6.45) is 2.12. The largest absolute Gasteiger partial charge is 0.337 e. The minimum atomic E-state index is -0.537. The first-order valence-corrected chi connectivity index (χ1v) is 11.2. The number of carbonyl (C=O) groups is 3. The van der Waals surface area contributed by atoms with Crippen LogP contribution in [0, 0.1) is 0 Å². The molecule has 0 aliphatic carbocycles. The summed E-state index contributed by atoms with van der Waals surface area (Å²) in [5.74, 6) is -0.687. The van der Waals surface area contributed by atoms with Crippen LogP contribution in [0.1, 0.15) is 17.7 Å². The normalized spacial score (nSPS) is 16.3. The minimum absolute atomic E-state index is 0.0350. The SMILES string of the molecule is O=C(CN1CCCC1C(=O)Nc1cc(Cl)cc(Cl)c1)NC(=O)NCCc1cccs1. The summed E-state index contributed by atoms with van der Waals surface area (Å²) in [6, 6.07) is 7.74. The molecule has 30 heavy (non-hydrogen) atoms. The Balaban J connectivity index is 1.45. The van der Waals surface area contributed by atoms with E-state index in [1.807, 2.05) is 17.5 Å². The maximum Gasteiger partial charge on any atom is 0.321 e. The first-order valence-electron chi connectivity index (χ1n) is 9.52. The predicted octanol–water partition coefficient (Wildman–Crippen LogP) is 3.53. The maximum absolute atomic E-state index is 12.7. The third-order valence-electron chi connectivity index (χ3n) is 4.63. The molecule has 1 fully saturated rings. The van der Waals surface area contributed by atoms with Gasteiger partial charge in [0.05, 0.1) is 12.6 Å². The Kier molecular flexibility index (Phi) is 8.09. The smallest absolute Gasteiger partial charge is 0.321 e. The Bertz CT molecular complexity index is 887. The molecule has 1 atom stereocenters. The van der Waals surface area contributed by atoms with Crippen LogP contribution in [-0.2, 0) is 16.0 Å². The molecule has 4 amide bonds. The Labute approximate surface area is 188 Å². The van der Waals surface area contributed by atoms with Gasteiger partial charge in [0, 0.05) is 27.2 Å². The van der Waals surface area contributed by atoms with Gasteiger partial charge in [0.25, 0.3) is 0 Å². The van der Waals surface area contributed by atoms with E-state index in [1.165, 1.54) is 0 Å². The van der Waals surface area contributed by atoms with Gasteiger partial charge in [-0.3, -0.25) is 19.8 Å². The van der Waals surface area contributed by atoms with E-state index in [1.54, 1.807) is 34.4 Å². The van der Waals surface area contributed by atoms with Gasteiger partial charge < -0.3 is 10.6 Å². The molecule has 1 aliphatic heterocycles. The fraction of sp³-hybridized carbons (Fsp3) is 0.350. The van der Waals surface area contributed by atoms with Crippen molar-refractivity contribution in [1.29, 1.82) is 0 Å². The molecular weight excluding hydrogens is 447 g/mol. The number of benzene rings is 1. The van der Waals surface area contributed by atoms with Crippen molar-refractivity contribution in [2.24, 2.45) is 0 Å². The number of halogens is 2. The van der Waals surface area contributed by atoms with Crippen molar-refractivity contribution in [3.63, 3.8) is 0 Å². The molecular formula is C20H22Cl2N4O3S. The number of anilines is 1. The Hall–Kier alpha value is -2.13. The molecule has 0 spiro atoms. The van der Waals surface area contributed by atoms with E-state index in [4.69, 9.17) is 23.2 Å². The number of nitrogens with zero attached hydrogens (tertiary/aromatic N) is 1. The average molecular weight is 469 g/mol. The van der Waals surface area contributed by atoms with E-state index in [0.29, 0.717) is 41.7 Å². The lowest BCUT2D eigenvalue weighted by Crippen LogP contribution is -2.48. The quantitative estimate of drug-likeness (QED) is 0.579. The number of carbonyl (C=O) groups excluding carboxylic acids is 3. The molecule has 1 aromatic heterocycles. The molecule has 3 rings (SSSR count). The zero-order valence-electron chi connectivity index (χ0n) is 16.1. The first kappa shape index (κ1) is 22.6. The molecule has 7 nitrogen and oxygen atoms in total. The number of hydrogen-bond donors (Lipinski definition) is 3. The number of nitrogens with one attached hydrogen (secondary N) is 3. The molecule has 0 bridgehead atoms. The molecule has 2 aromatic rings. The molecule has 2 heterocycles. The van der Waals surface area contributed by atoms with Gasteiger partial charge in [0.2, 0.25) is 11.8 Å². The molecule has 160 valence electrons. The van der Waals surface area contributed by atoms with Crippen molar-refractivity contribution in [1.82, 2.24) is 15.5 Å². The van der Waals surface area contributed by atoms with E-state index in [9.17, 15) is 14.4 Å². The number of hydrogen-bond acceptors (Lipinski definition) is 5. The second kappa shape index (κ2) is 10.8. The standard InChI is InChI=1S/C20H22Cl2N4O3S/c21-13-9-14(22)11-15(10-13)24-19(28)17-4-1-7-26(17)12-18(27)25-20(29)23-6-5-16-3-2-8-30-16/h2-3,8-11,17H,1,4-7,12H2,(H,24,28)(H2,23,25,27,29). The summed E-state index contributed by atoms with van der Waals surface area (Å²) in [6.45, 7) is 1.01. The van der Waals surface area contributed by atoms with Crippen molar-refractivity contribution in [2.45, 2.75) is 25.3 Å². The number of amides is 4. The molecule has 1 unspecified atom stereocenters. The van der Waals surface area contributed by atoms with E-state index < -0.39 is 18.0 Å². The molecule has 1 aromatic carbocycles. The summed E-state index contributed by atoms with van der Waals surface area (Å²) in [5.41, 5.74) is 0.499. The molecule has 10 heteroatoms. The van der Waals surface area contributed by atoms with Gasteiger partial charge in [-0.25, -0.2) is 4.79 Å². The van der Waals surface area contributed by atoms with E-state index >= 15 is 0 Å². The zero-order chi connectivity index (χ0) is 21.5. The fourth-order valence-electron chi connectivity index (χ4n) is 3.31. The van der Waals surface area contributed by atoms with Crippen molar-refractivity contribution in [3.8, 4) is 0 Å². The van der Waals surface area contributed by atoms with E-state index in [0.717, 1.165) is 11.3 Å². The van der Waals surface area contributed by atoms with Crippen LogP contribution in [0.25, 0.3) is 0 Å². The average Bonchev–Trinajstić information content (AvgIpc) is 3.32. The highest BCUT2D eigenvalue weighted by molar-refractivity contribution is 7.09. The lowest BCUT2D eigenvalue weighted by molar-refractivity contribution is -0.124. The third kappa shape index (κ3) is 6.70. The number of urea groups is 1. The Morgan fingerprint density at radius 2 is 1.93 bits per heavy atom. The number of thiophene rings is 1. The summed E-state index contributed by atoms with van der Waals surface area (Å²) in [5, 5.41) is 10.6. The summed E-state index contributed by atoms with van der Waals surface area (Å²) in [7, 11) is 0. The lowest BCUT2D eigenvalue weighted by Gasteiger charge is -2.23. The Morgan fingerprint density at radius 1 is 1.17 bits per heavy atom. The van der Waals surface area contributed by atoms with Gasteiger partial charge in [-0.15, -0.1) is 11.3 Å². The molecule has 1 aliphatic rings. The highest BCUT2D eigenvalue weighted by Gasteiger charge is 2.32. The Morgan fingerprint density at radius 3 is 2.63 bits per heavy atom. The van der Waals surface area contributed by atoms with Gasteiger partial charge in [0.15, 0.2) is 0 Å². The molecule has 0 radical (unpaired) electrons. The van der Waals surface area contributed by atoms with Crippen molar-refractivity contribution >= 4 is 58.1 Å². The minimum Gasteiger partial charge on any atom is -0.337 e. The third-order valence-corrected chi connectivity index (χ3v) is 6.01. The van der Waals surface area contributed by atoms with E-state index in [-0.39, 0.29) is 12.5 Å². The van der Waals surface area contributed by atoms with Crippen molar-refractivity contribution in [2.75, 3.05) is 25.0 Å². The van der Waals surface area contributed by atoms with E-state index in [2.05, 4.69) is 16.0 Å². The van der Waals surface area contributed by atoms with Crippen molar-refractivity contribution in [3.05, 3.63) is 50.6 Å². The van der Waals surface area contributed by atoms with Crippen molar-refractivity contribution < 1.29 is 14.4 Å². The second-order valence-corrected chi connectivity index (χ2v) is 8.81. The van der Waals surface area contributed by atoms with Crippen LogP contribution in [0.4, 0.5) is 10.5 Å². The number of likely N-dealkylation sites (tertiary alicyclic amines) is 1. The van der Waals surface area contributed by atoms with Crippen LogP contribution in [0.15, 0.2) is 35.7 Å². The van der Waals surface area contributed by atoms with Gasteiger partial charge in [-0.2, -0.15) is 0 Å². The fourth-order valence-corrected chi connectivity index (χ4v) is 4.55. The predicted molar refractivity (Wildman–Crippen MR) is 119 cm³/mol.